The Bertz CT molecular complexity index is 1130. The zero-order valence-corrected chi connectivity index (χ0v) is 16.2. The number of benzene rings is 1. The molecule has 0 aliphatic heterocycles. The Labute approximate surface area is 165 Å². The van der Waals surface area contributed by atoms with Crippen LogP contribution in [-0.4, -0.2) is 31.7 Å². The van der Waals surface area contributed by atoms with Crippen LogP contribution in [0.5, 0.6) is 0 Å². The minimum Gasteiger partial charge on any atom is -0.267 e. The number of rotatable bonds is 5. The first-order valence-electron chi connectivity index (χ1n) is 8.82. The van der Waals surface area contributed by atoms with Gasteiger partial charge in [-0.2, -0.15) is 10.2 Å². The number of hydrazone groups is 1. The Morgan fingerprint density at radius 1 is 1.18 bits per heavy atom. The quantitative estimate of drug-likeness (QED) is 0.416. The minimum atomic E-state index is -0.304. The highest BCUT2D eigenvalue weighted by Crippen LogP contribution is 2.28. The third-order valence-corrected chi connectivity index (χ3v) is 5.30. The molecule has 7 nitrogen and oxygen atoms in total. The summed E-state index contributed by atoms with van der Waals surface area (Å²) in [5.74, 6) is 0.00451. The second kappa shape index (κ2) is 7.69. The summed E-state index contributed by atoms with van der Waals surface area (Å²) < 4.78 is 1.78. The Hall–Kier alpha value is -3.39. The van der Waals surface area contributed by atoms with Crippen LogP contribution in [0.1, 0.15) is 40.8 Å². The van der Waals surface area contributed by atoms with Gasteiger partial charge in [0.05, 0.1) is 6.21 Å². The van der Waals surface area contributed by atoms with E-state index >= 15 is 0 Å². The molecule has 0 fully saturated rings. The molecule has 1 amide bonds. The maximum absolute atomic E-state index is 12.2. The van der Waals surface area contributed by atoms with Crippen LogP contribution in [-0.2, 0) is 0 Å². The molecule has 1 N–H and O–H groups in total. The molecule has 28 heavy (non-hydrogen) atoms. The van der Waals surface area contributed by atoms with Crippen LogP contribution in [0.25, 0.3) is 16.2 Å². The number of hydrogen-bond donors (Lipinski definition) is 1. The lowest BCUT2D eigenvalue weighted by atomic mass is 10.1. The molecular formula is C20H18N6OS. The molecule has 8 heteroatoms. The molecule has 3 heterocycles. The average molecular weight is 390 g/mol. The molecule has 0 saturated heterocycles. The molecule has 3 aromatic heterocycles. The van der Waals surface area contributed by atoms with Gasteiger partial charge in [-0.1, -0.05) is 55.5 Å². The molecule has 140 valence electrons. The SMILES string of the molecule is CC(C)c1nn2c(/C=N/NC(=O)c3ccncc3)c(-c3ccccc3)nc2s1. The van der Waals surface area contributed by atoms with E-state index in [9.17, 15) is 4.79 Å². The molecule has 0 saturated carbocycles. The van der Waals surface area contributed by atoms with E-state index < -0.39 is 0 Å². The number of hydrogen-bond acceptors (Lipinski definition) is 6. The Kier molecular flexibility index (Phi) is 4.94. The van der Waals surface area contributed by atoms with Crippen molar-refractivity contribution >= 4 is 28.4 Å². The summed E-state index contributed by atoms with van der Waals surface area (Å²) in [6.07, 6.45) is 4.72. The zero-order valence-electron chi connectivity index (χ0n) is 15.4. The smallest absolute Gasteiger partial charge is 0.267 e. The number of carbonyl (C=O) groups is 1. The molecule has 0 spiro atoms. The van der Waals surface area contributed by atoms with Gasteiger partial charge >= 0.3 is 0 Å². The number of nitrogens with one attached hydrogen (secondary N) is 1. The molecule has 0 atom stereocenters. The second-order valence-electron chi connectivity index (χ2n) is 6.44. The topological polar surface area (TPSA) is 84.5 Å². The first-order chi connectivity index (χ1) is 13.6. The maximum atomic E-state index is 12.2. The number of aromatic nitrogens is 4. The number of nitrogens with zero attached hydrogens (tertiary/aromatic N) is 5. The Morgan fingerprint density at radius 3 is 2.64 bits per heavy atom. The van der Waals surface area contributed by atoms with Gasteiger partial charge in [-0.3, -0.25) is 9.78 Å². The van der Waals surface area contributed by atoms with Gasteiger partial charge in [-0.25, -0.2) is 14.9 Å². The fraction of sp³-hybridized carbons (Fsp3) is 0.150. The Morgan fingerprint density at radius 2 is 1.93 bits per heavy atom. The van der Waals surface area contributed by atoms with Crippen LogP contribution in [0, 0.1) is 0 Å². The van der Waals surface area contributed by atoms with E-state index in [1.165, 1.54) is 0 Å². The monoisotopic (exact) mass is 390 g/mol. The van der Waals surface area contributed by atoms with Crippen molar-refractivity contribution in [1.82, 2.24) is 25.0 Å². The van der Waals surface area contributed by atoms with Gasteiger partial charge in [-0.05, 0) is 12.1 Å². The van der Waals surface area contributed by atoms with Crippen molar-refractivity contribution < 1.29 is 4.79 Å². The minimum absolute atomic E-state index is 0.304. The predicted octanol–water partition coefficient (Wildman–Crippen LogP) is 3.74. The summed E-state index contributed by atoms with van der Waals surface area (Å²) in [6, 6.07) is 13.1. The molecule has 0 unspecified atom stereocenters. The largest absolute Gasteiger partial charge is 0.271 e. The van der Waals surface area contributed by atoms with E-state index in [2.05, 4.69) is 34.5 Å². The van der Waals surface area contributed by atoms with Gasteiger partial charge in [0, 0.05) is 29.4 Å². The van der Waals surface area contributed by atoms with Gasteiger partial charge in [0.15, 0.2) is 0 Å². The lowest BCUT2D eigenvalue weighted by Gasteiger charge is -2.01. The normalized spacial score (nSPS) is 11.5. The molecule has 0 bridgehead atoms. The molecule has 4 aromatic rings. The number of carbonyl (C=O) groups excluding carboxylic acids is 1. The van der Waals surface area contributed by atoms with Crippen LogP contribution in [0.4, 0.5) is 0 Å². The lowest BCUT2D eigenvalue weighted by molar-refractivity contribution is 0.0955. The molecule has 4 rings (SSSR count). The van der Waals surface area contributed by atoms with E-state index in [0.29, 0.717) is 11.5 Å². The zero-order chi connectivity index (χ0) is 19.5. The lowest BCUT2D eigenvalue weighted by Crippen LogP contribution is -2.17. The summed E-state index contributed by atoms with van der Waals surface area (Å²) in [6.45, 7) is 4.19. The third kappa shape index (κ3) is 3.54. The van der Waals surface area contributed by atoms with Crippen LogP contribution < -0.4 is 5.43 Å². The van der Waals surface area contributed by atoms with Crippen molar-refractivity contribution in [1.29, 1.82) is 0 Å². The van der Waals surface area contributed by atoms with Crippen LogP contribution in [0.3, 0.4) is 0 Å². The fourth-order valence-corrected chi connectivity index (χ4v) is 3.56. The maximum Gasteiger partial charge on any atom is 0.271 e. The number of amides is 1. The highest BCUT2D eigenvalue weighted by Gasteiger charge is 2.18. The highest BCUT2D eigenvalue weighted by molar-refractivity contribution is 7.16. The molecular weight excluding hydrogens is 372 g/mol. The summed E-state index contributed by atoms with van der Waals surface area (Å²) in [7, 11) is 0. The van der Waals surface area contributed by atoms with E-state index in [1.54, 1.807) is 46.6 Å². The standard InChI is InChI=1S/C20H18N6OS/c1-13(2)19-25-26-16(12-22-24-18(27)15-8-10-21-11-9-15)17(23-20(26)28-19)14-6-4-3-5-7-14/h3-13H,1-2H3,(H,24,27)/b22-12+. The van der Waals surface area contributed by atoms with Crippen molar-refractivity contribution in [2.24, 2.45) is 5.10 Å². The van der Waals surface area contributed by atoms with Crippen molar-refractivity contribution in [2.45, 2.75) is 19.8 Å². The van der Waals surface area contributed by atoms with Gasteiger partial charge in [0.1, 0.15) is 16.4 Å². The third-order valence-electron chi connectivity index (χ3n) is 4.09. The first kappa shape index (κ1) is 18.0. The summed E-state index contributed by atoms with van der Waals surface area (Å²) >= 11 is 1.56. The van der Waals surface area contributed by atoms with Crippen LogP contribution in [0.15, 0.2) is 60.0 Å². The Balaban J connectivity index is 1.70. The average Bonchev–Trinajstić information content (AvgIpc) is 3.28. The molecule has 0 aliphatic carbocycles. The summed E-state index contributed by atoms with van der Waals surface area (Å²) in [5.41, 5.74) is 5.50. The van der Waals surface area contributed by atoms with E-state index in [1.807, 2.05) is 30.3 Å². The van der Waals surface area contributed by atoms with Crippen molar-refractivity contribution in [3.05, 3.63) is 71.1 Å². The van der Waals surface area contributed by atoms with E-state index in [0.717, 1.165) is 26.9 Å². The van der Waals surface area contributed by atoms with E-state index in [4.69, 9.17) is 4.98 Å². The van der Waals surface area contributed by atoms with E-state index in [-0.39, 0.29) is 5.91 Å². The van der Waals surface area contributed by atoms with Gasteiger partial charge in [0.2, 0.25) is 4.96 Å². The summed E-state index contributed by atoms with van der Waals surface area (Å²) in [4.78, 5) is 21.6. The van der Waals surface area contributed by atoms with Gasteiger partial charge < -0.3 is 0 Å². The highest BCUT2D eigenvalue weighted by atomic mass is 32.1. The first-order valence-corrected chi connectivity index (χ1v) is 9.63. The fourth-order valence-electron chi connectivity index (χ4n) is 2.66. The number of fused-ring (bicyclic) bond motifs is 1. The van der Waals surface area contributed by atoms with Crippen LogP contribution >= 0.6 is 11.3 Å². The van der Waals surface area contributed by atoms with Crippen molar-refractivity contribution in [3.8, 4) is 11.3 Å². The van der Waals surface area contributed by atoms with Crippen LogP contribution in [0.2, 0.25) is 0 Å². The molecule has 1 aromatic carbocycles. The predicted molar refractivity (Wildman–Crippen MR) is 110 cm³/mol. The number of pyridine rings is 1. The van der Waals surface area contributed by atoms with Gasteiger partial charge in [0.25, 0.3) is 5.91 Å². The second-order valence-corrected chi connectivity index (χ2v) is 7.42. The molecule has 0 aliphatic rings. The summed E-state index contributed by atoms with van der Waals surface area (Å²) in [5, 5.41) is 9.81. The number of imidazole rings is 1. The van der Waals surface area contributed by atoms with Crippen molar-refractivity contribution in [3.63, 3.8) is 0 Å². The molecule has 0 radical (unpaired) electrons. The van der Waals surface area contributed by atoms with Gasteiger partial charge in [-0.15, -0.1) is 0 Å². The van der Waals surface area contributed by atoms with Crippen molar-refractivity contribution in [2.75, 3.05) is 0 Å².